The summed E-state index contributed by atoms with van der Waals surface area (Å²) in [4.78, 5) is 23.0. The summed E-state index contributed by atoms with van der Waals surface area (Å²) in [5, 5.41) is 8.84. The van der Waals surface area contributed by atoms with Crippen molar-refractivity contribution < 1.29 is 19.1 Å². The van der Waals surface area contributed by atoms with Crippen molar-refractivity contribution in [2.45, 2.75) is 33.1 Å². The molecular formula is C17H23N3O4. The maximum Gasteiger partial charge on any atom is 0.238 e. The molecule has 7 nitrogen and oxygen atoms in total. The summed E-state index contributed by atoms with van der Waals surface area (Å²) >= 11 is 0. The number of hydrogen-bond donors (Lipinski definition) is 2. The minimum absolute atomic E-state index is 0.211. The molecule has 0 aliphatic carbocycles. The molecule has 1 aromatic carbocycles. The monoisotopic (exact) mass is 333 g/mol. The number of rotatable bonds is 8. The minimum Gasteiger partial charge on any atom is -0.493 e. The molecule has 1 aromatic rings. The molecule has 0 aliphatic rings. The van der Waals surface area contributed by atoms with Crippen molar-refractivity contribution in [1.29, 1.82) is 5.26 Å². The molecule has 2 amide bonds. The van der Waals surface area contributed by atoms with Gasteiger partial charge in [0.1, 0.15) is 0 Å². The van der Waals surface area contributed by atoms with Crippen LogP contribution in [0.5, 0.6) is 11.5 Å². The molecule has 0 bridgehead atoms. The first-order valence-corrected chi connectivity index (χ1v) is 7.75. The fraction of sp³-hybridized carbons (Fsp3) is 0.471. The van der Waals surface area contributed by atoms with E-state index in [1.807, 2.05) is 19.9 Å². The second-order valence-corrected chi connectivity index (χ2v) is 5.62. The molecule has 0 heterocycles. The predicted molar refractivity (Wildman–Crippen MR) is 88.2 cm³/mol. The van der Waals surface area contributed by atoms with E-state index in [0.717, 1.165) is 0 Å². The van der Waals surface area contributed by atoms with E-state index in [1.54, 1.807) is 18.2 Å². The van der Waals surface area contributed by atoms with Gasteiger partial charge in [-0.2, -0.15) is 5.26 Å². The molecule has 0 aliphatic heterocycles. The fourth-order valence-electron chi connectivity index (χ4n) is 1.89. The van der Waals surface area contributed by atoms with Crippen molar-refractivity contribution in [1.82, 2.24) is 10.9 Å². The number of hydrazine groups is 1. The van der Waals surface area contributed by atoms with Crippen LogP contribution in [0.3, 0.4) is 0 Å². The van der Waals surface area contributed by atoms with Gasteiger partial charge < -0.3 is 9.47 Å². The Morgan fingerprint density at radius 1 is 1.21 bits per heavy atom. The van der Waals surface area contributed by atoms with Crippen molar-refractivity contribution in [3.8, 4) is 17.6 Å². The lowest BCUT2D eigenvalue weighted by atomic mass is 10.1. The standard InChI is InChI=1S/C17H23N3O4/c1-12(2)9-17(22)20-19-16(21)5-4-8-24-14-7-6-13(11-18)10-15(14)23-3/h6-7,10,12H,4-5,8-9H2,1-3H3,(H,19,21)(H,20,22). The highest BCUT2D eigenvalue weighted by atomic mass is 16.5. The number of nitrogens with one attached hydrogen (secondary N) is 2. The maximum absolute atomic E-state index is 11.6. The van der Waals surface area contributed by atoms with Crippen LogP contribution in [0.4, 0.5) is 0 Å². The lowest BCUT2D eigenvalue weighted by molar-refractivity contribution is -0.129. The zero-order valence-corrected chi connectivity index (χ0v) is 14.2. The number of hydrogen-bond acceptors (Lipinski definition) is 5. The van der Waals surface area contributed by atoms with Gasteiger partial charge in [-0.25, -0.2) is 0 Å². The minimum atomic E-state index is -0.275. The third kappa shape index (κ3) is 7.01. The van der Waals surface area contributed by atoms with Gasteiger partial charge in [-0.15, -0.1) is 0 Å². The van der Waals surface area contributed by atoms with Crippen LogP contribution in [0.25, 0.3) is 0 Å². The maximum atomic E-state index is 11.6. The second kappa shape index (κ2) is 10.1. The molecule has 0 fully saturated rings. The summed E-state index contributed by atoms with van der Waals surface area (Å²) in [5.74, 6) is 0.735. The summed E-state index contributed by atoms with van der Waals surface area (Å²) in [6.07, 6.45) is 1.07. The molecule has 0 aromatic heterocycles. The number of amides is 2. The molecule has 0 atom stereocenters. The van der Waals surface area contributed by atoms with Crippen LogP contribution in [0.1, 0.15) is 38.7 Å². The van der Waals surface area contributed by atoms with Gasteiger partial charge in [-0.1, -0.05) is 13.8 Å². The highest BCUT2D eigenvalue weighted by Gasteiger charge is 2.08. The Morgan fingerprint density at radius 3 is 2.54 bits per heavy atom. The van der Waals surface area contributed by atoms with Crippen molar-refractivity contribution in [2.24, 2.45) is 5.92 Å². The Hall–Kier alpha value is -2.75. The van der Waals surface area contributed by atoms with E-state index < -0.39 is 0 Å². The van der Waals surface area contributed by atoms with E-state index in [9.17, 15) is 9.59 Å². The molecule has 24 heavy (non-hydrogen) atoms. The van der Waals surface area contributed by atoms with E-state index in [4.69, 9.17) is 14.7 Å². The number of carbonyl (C=O) groups excluding carboxylic acids is 2. The lowest BCUT2D eigenvalue weighted by Crippen LogP contribution is -2.42. The summed E-state index contributed by atoms with van der Waals surface area (Å²) < 4.78 is 10.7. The lowest BCUT2D eigenvalue weighted by Gasteiger charge is -2.11. The van der Waals surface area contributed by atoms with Gasteiger partial charge in [-0.05, 0) is 24.5 Å². The van der Waals surface area contributed by atoms with Gasteiger partial charge in [0.15, 0.2) is 11.5 Å². The molecule has 0 spiro atoms. The number of carbonyl (C=O) groups is 2. The van der Waals surface area contributed by atoms with E-state index in [-0.39, 0.29) is 24.2 Å². The molecule has 0 radical (unpaired) electrons. The largest absolute Gasteiger partial charge is 0.493 e. The van der Waals surface area contributed by atoms with Gasteiger partial charge in [0.25, 0.3) is 0 Å². The number of benzene rings is 1. The second-order valence-electron chi connectivity index (χ2n) is 5.62. The van der Waals surface area contributed by atoms with Crippen LogP contribution in [0, 0.1) is 17.2 Å². The van der Waals surface area contributed by atoms with E-state index in [2.05, 4.69) is 10.9 Å². The van der Waals surface area contributed by atoms with E-state index in [1.165, 1.54) is 7.11 Å². The van der Waals surface area contributed by atoms with E-state index >= 15 is 0 Å². The van der Waals surface area contributed by atoms with Crippen LogP contribution < -0.4 is 20.3 Å². The van der Waals surface area contributed by atoms with Crippen molar-refractivity contribution in [3.63, 3.8) is 0 Å². The number of ether oxygens (including phenoxy) is 2. The first-order chi connectivity index (χ1) is 11.5. The van der Waals surface area contributed by atoms with Crippen LogP contribution in [-0.2, 0) is 9.59 Å². The predicted octanol–water partition coefficient (Wildman–Crippen LogP) is 1.92. The number of nitrogens with zero attached hydrogens (tertiary/aromatic N) is 1. The zero-order valence-electron chi connectivity index (χ0n) is 14.2. The Morgan fingerprint density at radius 2 is 1.92 bits per heavy atom. The number of methoxy groups -OCH3 is 1. The van der Waals surface area contributed by atoms with Gasteiger partial charge in [0, 0.05) is 18.9 Å². The Kier molecular flexibility index (Phi) is 8.13. The molecular weight excluding hydrogens is 310 g/mol. The normalized spacial score (nSPS) is 9.96. The Bertz CT molecular complexity index is 608. The average molecular weight is 333 g/mol. The summed E-state index contributed by atoms with van der Waals surface area (Å²) in [6.45, 7) is 4.17. The van der Waals surface area contributed by atoms with Gasteiger partial charge >= 0.3 is 0 Å². The Balaban J connectivity index is 2.30. The topological polar surface area (TPSA) is 100 Å². The highest BCUT2D eigenvalue weighted by Crippen LogP contribution is 2.27. The van der Waals surface area contributed by atoms with Gasteiger partial charge in [0.05, 0.1) is 25.3 Å². The average Bonchev–Trinajstić information content (AvgIpc) is 2.56. The third-order valence-electron chi connectivity index (χ3n) is 3.03. The summed E-state index contributed by atoms with van der Waals surface area (Å²) in [7, 11) is 1.50. The first kappa shape index (κ1) is 19.3. The van der Waals surface area contributed by atoms with Gasteiger partial charge in [-0.3, -0.25) is 20.4 Å². The summed E-state index contributed by atoms with van der Waals surface area (Å²) in [5.41, 5.74) is 5.22. The van der Waals surface area contributed by atoms with Crippen LogP contribution in [0.15, 0.2) is 18.2 Å². The molecule has 7 heteroatoms. The molecule has 2 N–H and O–H groups in total. The molecule has 130 valence electrons. The molecule has 0 unspecified atom stereocenters. The molecule has 0 saturated heterocycles. The molecule has 0 saturated carbocycles. The third-order valence-corrected chi connectivity index (χ3v) is 3.03. The first-order valence-electron chi connectivity index (χ1n) is 7.75. The van der Waals surface area contributed by atoms with Crippen LogP contribution in [0.2, 0.25) is 0 Å². The van der Waals surface area contributed by atoms with Crippen molar-refractivity contribution in [2.75, 3.05) is 13.7 Å². The zero-order chi connectivity index (χ0) is 17.9. The SMILES string of the molecule is COc1cc(C#N)ccc1OCCCC(=O)NNC(=O)CC(C)C. The quantitative estimate of drug-likeness (QED) is 0.559. The van der Waals surface area contributed by atoms with Crippen LogP contribution in [-0.4, -0.2) is 25.5 Å². The highest BCUT2D eigenvalue weighted by molar-refractivity contribution is 5.81. The smallest absolute Gasteiger partial charge is 0.238 e. The van der Waals surface area contributed by atoms with Crippen molar-refractivity contribution in [3.05, 3.63) is 23.8 Å². The van der Waals surface area contributed by atoms with Crippen molar-refractivity contribution >= 4 is 11.8 Å². The fourth-order valence-corrected chi connectivity index (χ4v) is 1.89. The molecule has 1 rings (SSSR count). The summed E-state index contributed by atoms with van der Waals surface area (Å²) in [6, 6.07) is 6.90. The van der Waals surface area contributed by atoms with Crippen LogP contribution >= 0.6 is 0 Å². The Labute approximate surface area is 141 Å². The van der Waals surface area contributed by atoms with Gasteiger partial charge in [0.2, 0.25) is 11.8 Å². The van der Waals surface area contributed by atoms with E-state index in [0.29, 0.717) is 36.5 Å². The number of nitriles is 1.